The zero-order chi connectivity index (χ0) is 11.8. The van der Waals surface area contributed by atoms with Gasteiger partial charge >= 0.3 is 5.97 Å². The molecule has 4 nitrogen and oxygen atoms in total. The number of unbranched alkanes of at least 4 members (excludes halogenated alkanes) is 3. The number of ether oxygens (including phenoxy) is 3. The molecular weight excluding hydrogens is 208 g/mol. The van der Waals surface area contributed by atoms with E-state index in [0.29, 0.717) is 13.2 Å². The molecule has 1 aliphatic heterocycles. The lowest BCUT2D eigenvalue weighted by Gasteiger charge is -2.11. The van der Waals surface area contributed by atoms with E-state index in [0.717, 1.165) is 12.8 Å². The molecule has 0 aromatic rings. The smallest absolute Gasteiger partial charge is 0.302 e. The number of carbonyl (C=O) groups excluding carboxylic acids is 1. The van der Waals surface area contributed by atoms with Crippen LogP contribution < -0.4 is 0 Å². The fourth-order valence-electron chi connectivity index (χ4n) is 1.69. The molecule has 0 spiro atoms. The van der Waals surface area contributed by atoms with E-state index in [4.69, 9.17) is 14.2 Å². The van der Waals surface area contributed by atoms with Crippen molar-refractivity contribution in [1.82, 2.24) is 0 Å². The number of hydrogen-bond acceptors (Lipinski definition) is 4. The Balaban J connectivity index is 2.03. The number of carbonyl (C=O) groups is 1. The average Bonchev–Trinajstić information content (AvgIpc) is 2.70. The van der Waals surface area contributed by atoms with Gasteiger partial charge in [-0.3, -0.25) is 4.79 Å². The molecule has 0 N–H and O–H groups in total. The molecule has 16 heavy (non-hydrogen) atoms. The van der Waals surface area contributed by atoms with Crippen molar-refractivity contribution in [3.63, 3.8) is 0 Å². The van der Waals surface area contributed by atoms with Gasteiger partial charge in [-0.25, -0.2) is 0 Å². The summed E-state index contributed by atoms with van der Waals surface area (Å²) < 4.78 is 15.9. The van der Waals surface area contributed by atoms with E-state index >= 15 is 0 Å². The lowest BCUT2D eigenvalue weighted by Crippen LogP contribution is -2.20. The van der Waals surface area contributed by atoms with Gasteiger partial charge in [0.15, 0.2) is 6.29 Å². The highest BCUT2D eigenvalue weighted by molar-refractivity contribution is 5.65. The summed E-state index contributed by atoms with van der Waals surface area (Å²) in [6.07, 6.45) is 5.63. The summed E-state index contributed by atoms with van der Waals surface area (Å²) in [5, 5.41) is 0. The third kappa shape index (κ3) is 5.47. The molecule has 4 heteroatoms. The summed E-state index contributed by atoms with van der Waals surface area (Å²) in [5.41, 5.74) is 0. The van der Waals surface area contributed by atoms with Gasteiger partial charge in [-0.2, -0.15) is 0 Å². The van der Waals surface area contributed by atoms with Crippen molar-refractivity contribution in [2.75, 3.05) is 13.2 Å². The van der Waals surface area contributed by atoms with Gasteiger partial charge in [-0.05, 0) is 12.8 Å². The third-order valence-corrected chi connectivity index (χ3v) is 2.58. The summed E-state index contributed by atoms with van der Waals surface area (Å²) in [5.74, 6) is -0.269. The van der Waals surface area contributed by atoms with Crippen LogP contribution in [0.4, 0.5) is 0 Å². The highest BCUT2D eigenvalue weighted by atomic mass is 16.7. The van der Waals surface area contributed by atoms with E-state index in [9.17, 15) is 4.79 Å². The molecule has 0 aliphatic carbocycles. The first-order valence-corrected chi connectivity index (χ1v) is 6.12. The highest BCUT2D eigenvalue weighted by Crippen LogP contribution is 2.17. The van der Waals surface area contributed by atoms with Gasteiger partial charge in [0.2, 0.25) is 0 Å². The molecule has 94 valence electrons. The Morgan fingerprint density at radius 3 is 2.88 bits per heavy atom. The topological polar surface area (TPSA) is 44.8 Å². The quantitative estimate of drug-likeness (QED) is 0.497. The van der Waals surface area contributed by atoms with Crippen LogP contribution in [0.5, 0.6) is 0 Å². The summed E-state index contributed by atoms with van der Waals surface area (Å²) >= 11 is 0. The second-order valence-electron chi connectivity index (χ2n) is 4.17. The van der Waals surface area contributed by atoms with Gasteiger partial charge < -0.3 is 14.2 Å². The molecule has 1 rings (SSSR count). The second-order valence-corrected chi connectivity index (χ2v) is 4.17. The first kappa shape index (κ1) is 13.5. The fourth-order valence-corrected chi connectivity index (χ4v) is 1.69. The van der Waals surface area contributed by atoms with Gasteiger partial charge in [0.05, 0.1) is 6.61 Å². The predicted molar refractivity (Wildman–Crippen MR) is 60.0 cm³/mol. The minimum absolute atomic E-state index is 0.0833. The fraction of sp³-hybridized carbons (Fsp3) is 0.917. The number of esters is 1. The summed E-state index contributed by atoms with van der Waals surface area (Å²) in [7, 11) is 0. The lowest BCUT2D eigenvalue weighted by molar-refractivity contribution is -0.145. The van der Waals surface area contributed by atoms with E-state index in [1.807, 2.05) is 0 Å². The Morgan fingerprint density at radius 1 is 1.38 bits per heavy atom. The van der Waals surface area contributed by atoms with Crippen molar-refractivity contribution in [2.45, 2.75) is 58.3 Å². The molecule has 0 radical (unpaired) electrons. The molecular formula is C12H22O4. The molecule has 0 saturated carbocycles. The van der Waals surface area contributed by atoms with E-state index < -0.39 is 0 Å². The van der Waals surface area contributed by atoms with Crippen LogP contribution in [0.15, 0.2) is 0 Å². The van der Waals surface area contributed by atoms with E-state index in [1.54, 1.807) is 0 Å². The molecule has 0 aromatic heterocycles. The number of hydrogen-bond donors (Lipinski definition) is 0. The minimum atomic E-state index is -0.269. The van der Waals surface area contributed by atoms with Crippen LogP contribution in [0.25, 0.3) is 0 Å². The van der Waals surface area contributed by atoms with Crippen LogP contribution in [0, 0.1) is 0 Å². The van der Waals surface area contributed by atoms with Crippen molar-refractivity contribution < 1.29 is 19.0 Å². The molecule has 1 aliphatic rings. The summed E-state index contributed by atoms with van der Waals surface area (Å²) in [6.45, 7) is 4.43. The molecule has 0 bridgehead atoms. The Kier molecular flexibility index (Phi) is 6.42. The van der Waals surface area contributed by atoms with Crippen LogP contribution >= 0.6 is 0 Å². The van der Waals surface area contributed by atoms with E-state index in [1.165, 1.54) is 26.2 Å². The average molecular weight is 230 g/mol. The number of rotatable bonds is 7. The lowest BCUT2D eigenvalue weighted by atomic mass is 10.1. The van der Waals surface area contributed by atoms with Crippen molar-refractivity contribution in [2.24, 2.45) is 0 Å². The maximum absolute atomic E-state index is 10.6. The molecule has 1 saturated heterocycles. The van der Waals surface area contributed by atoms with Crippen molar-refractivity contribution in [1.29, 1.82) is 0 Å². The van der Waals surface area contributed by atoms with Crippen LogP contribution in [0.1, 0.15) is 46.0 Å². The Bertz CT molecular complexity index is 205. The standard InChI is InChI=1S/C12H22O4/c1-3-4-5-6-7-12-15-9-11(16-12)8-14-10(2)13/h11-12H,3-9H2,1-2H3/t11-,12-/m0/s1. The minimum Gasteiger partial charge on any atom is -0.463 e. The van der Waals surface area contributed by atoms with Gasteiger partial charge in [0.25, 0.3) is 0 Å². The normalized spacial score (nSPS) is 24.6. The SMILES string of the molecule is CCCCCC[C@H]1OC[C@H](COC(C)=O)O1. The molecule has 2 atom stereocenters. The third-order valence-electron chi connectivity index (χ3n) is 2.58. The molecule has 0 unspecified atom stereocenters. The van der Waals surface area contributed by atoms with Crippen LogP contribution in [0.3, 0.4) is 0 Å². The molecule has 0 aromatic carbocycles. The Labute approximate surface area is 97.2 Å². The molecule has 0 amide bonds. The van der Waals surface area contributed by atoms with Crippen LogP contribution in [-0.4, -0.2) is 31.6 Å². The largest absolute Gasteiger partial charge is 0.463 e. The van der Waals surface area contributed by atoms with Gasteiger partial charge in [-0.1, -0.05) is 26.2 Å². The van der Waals surface area contributed by atoms with Gasteiger partial charge in [0, 0.05) is 6.92 Å². The predicted octanol–water partition coefficient (Wildman–Crippen LogP) is 2.26. The summed E-state index contributed by atoms with van der Waals surface area (Å²) in [4.78, 5) is 10.6. The monoisotopic (exact) mass is 230 g/mol. The van der Waals surface area contributed by atoms with Gasteiger partial charge in [0.1, 0.15) is 12.7 Å². The van der Waals surface area contributed by atoms with Crippen molar-refractivity contribution >= 4 is 5.97 Å². The Morgan fingerprint density at radius 2 is 2.19 bits per heavy atom. The highest BCUT2D eigenvalue weighted by Gasteiger charge is 2.26. The van der Waals surface area contributed by atoms with Crippen LogP contribution in [0.2, 0.25) is 0 Å². The molecule has 1 fully saturated rings. The van der Waals surface area contributed by atoms with Crippen molar-refractivity contribution in [3.05, 3.63) is 0 Å². The van der Waals surface area contributed by atoms with Crippen molar-refractivity contribution in [3.8, 4) is 0 Å². The maximum atomic E-state index is 10.6. The summed E-state index contributed by atoms with van der Waals surface area (Å²) in [6, 6.07) is 0. The first-order chi connectivity index (χ1) is 7.72. The Hall–Kier alpha value is -0.610. The first-order valence-electron chi connectivity index (χ1n) is 6.12. The molecule has 1 heterocycles. The maximum Gasteiger partial charge on any atom is 0.302 e. The van der Waals surface area contributed by atoms with E-state index in [-0.39, 0.29) is 18.4 Å². The zero-order valence-electron chi connectivity index (χ0n) is 10.2. The van der Waals surface area contributed by atoms with Crippen LogP contribution in [-0.2, 0) is 19.0 Å². The zero-order valence-corrected chi connectivity index (χ0v) is 10.2. The van der Waals surface area contributed by atoms with E-state index in [2.05, 4.69) is 6.92 Å². The second kappa shape index (κ2) is 7.63. The van der Waals surface area contributed by atoms with Gasteiger partial charge in [-0.15, -0.1) is 0 Å².